The van der Waals surface area contributed by atoms with Crippen molar-refractivity contribution in [3.8, 4) is 11.4 Å². The maximum Gasteiger partial charge on any atom is 0.163 e. The van der Waals surface area contributed by atoms with Gasteiger partial charge in [0.25, 0.3) is 0 Å². The van der Waals surface area contributed by atoms with E-state index in [2.05, 4.69) is 20.1 Å². The summed E-state index contributed by atoms with van der Waals surface area (Å²) >= 11 is 5.57. The highest BCUT2D eigenvalue weighted by atomic mass is 35.5. The molecule has 6 heteroatoms. The molecule has 0 amide bonds. The number of rotatable bonds is 5. The first-order valence-electron chi connectivity index (χ1n) is 7.28. The molecule has 0 saturated carbocycles. The Morgan fingerprint density at radius 1 is 1.24 bits per heavy atom. The van der Waals surface area contributed by atoms with Crippen molar-refractivity contribution in [3.63, 3.8) is 0 Å². The predicted octanol–water partition coefficient (Wildman–Crippen LogP) is 2.29. The first-order valence-corrected chi connectivity index (χ1v) is 7.82. The van der Waals surface area contributed by atoms with Crippen molar-refractivity contribution in [2.75, 3.05) is 17.7 Å². The summed E-state index contributed by atoms with van der Waals surface area (Å²) < 4.78 is 2.21. The molecule has 2 N–H and O–H groups in total. The fourth-order valence-electron chi connectivity index (χ4n) is 2.55. The number of benzene rings is 1. The van der Waals surface area contributed by atoms with E-state index < -0.39 is 6.10 Å². The standard InChI is InChI=1S/C15H19ClN4O/c16-9-13(21)10-17-12-6-4-11(5-7-12)15-19-18-14-3-1-2-8-20(14)15/h4-7,13,17,21H,1-3,8-10H2. The molecule has 1 unspecified atom stereocenters. The van der Waals surface area contributed by atoms with E-state index in [-0.39, 0.29) is 5.88 Å². The molecule has 5 nitrogen and oxygen atoms in total. The number of aliphatic hydroxyl groups excluding tert-OH is 1. The maximum atomic E-state index is 9.44. The molecule has 0 saturated heterocycles. The third-order valence-electron chi connectivity index (χ3n) is 3.72. The number of halogens is 1. The molecule has 0 aliphatic carbocycles. The molecule has 0 spiro atoms. The van der Waals surface area contributed by atoms with Crippen LogP contribution in [0.3, 0.4) is 0 Å². The highest BCUT2D eigenvalue weighted by Gasteiger charge is 2.16. The molecule has 3 rings (SSSR count). The lowest BCUT2D eigenvalue weighted by Gasteiger charge is -2.15. The Hall–Kier alpha value is -1.59. The molecule has 1 aliphatic heterocycles. The van der Waals surface area contributed by atoms with E-state index in [0.717, 1.165) is 35.9 Å². The molecule has 1 aromatic heterocycles. The van der Waals surface area contributed by atoms with Crippen LogP contribution in [0.4, 0.5) is 5.69 Å². The normalized spacial score (nSPS) is 15.5. The van der Waals surface area contributed by atoms with Crippen LogP contribution in [0.2, 0.25) is 0 Å². The first-order chi connectivity index (χ1) is 10.3. The van der Waals surface area contributed by atoms with Crippen molar-refractivity contribution in [1.29, 1.82) is 0 Å². The van der Waals surface area contributed by atoms with Crippen molar-refractivity contribution >= 4 is 17.3 Å². The summed E-state index contributed by atoms with van der Waals surface area (Å²) in [5.41, 5.74) is 2.03. The molecule has 1 aliphatic rings. The number of aliphatic hydroxyl groups is 1. The first kappa shape index (κ1) is 14.4. The monoisotopic (exact) mass is 306 g/mol. The Kier molecular flexibility index (Phi) is 4.41. The molecular weight excluding hydrogens is 288 g/mol. The van der Waals surface area contributed by atoms with Gasteiger partial charge in [-0.3, -0.25) is 0 Å². The number of aromatic nitrogens is 3. The van der Waals surface area contributed by atoms with Crippen LogP contribution in [0.5, 0.6) is 0 Å². The van der Waals surface area contributed by atoms with Crippen molar-refractivity contribution < 1.29 is 5.11 Å². The lowest BCUT2D eigenvalue weighted by atomic mass is 10.1. The molecular formula is C15H19ClN4O. The third-order valence-corrected chi connectivity index (χ3v) is 4.08. The number of alkyl halides is 1. The van der Waals surface area contributed by atoms with Gasteiger partial charge in [0, 0.05) is 30.8 Å². The number of hydrogen-bond acceptors (Lipinski definition) is 4. The molecule has 0 fully saturated rings. The quantitative estimate of drug-likeness (QED) is 0.832. The van der Waals surface area contributed by atoms with Gasteiger partial charge in [0.15, 0.2) is 5.82 Å². The van der Waals surface area contributed by atoms with Crippen molar-refractivity contribution in [2.45, 2.75) is 31.9 Å². The minimum atomic E-state index is -0.533. The van der Waals surface area contributed by atoms with Crippen molar-refractivity contribution in [1.82, 2.24) is 14.8 Å². The topological polar surface area (TPSA) is 63.0 Å². The molecule has 0 bridgehead atoms. The summed E-state index contributed by atoms with van der Waals surface area (Å²) in [5.74, 6) is 2.26. The van der Waals surface area contributed by atoms with Gasteiger partial charge in [-0.25, -0.2) is 0 Å². The van der Waals surface area contributed by atoms with Crippen molar-refractivity contribution in [3.05, 3.63) is 30.1 Å². The second-order valence-electron chi connectivity index (χ2n) is 5.31. The smallest absolute Gasteiger partial charge is 0.163 e. The van der Waals surface area contributed by atoms with Gasteiger partial charge in [-0.05, 0) is 37.1 Å². The second-order valence-corrected chi connectivity index (χ2v) is 5.62. The average molecular weight is 307 g/mol. The molecule has 2 aromatic rings. The summed E-state index contributed by atoms with van der Waals surface area (Å²) in [6.07, 6.45) is 2.87. The molecule has 1 aromatic carbocycles. The van der Waals surface area contributed by atoms with Gasteiger partial charge in [0.2, 0.25) is 0 Å². The minimum absolute atomic E-state index is 0.233. The van der Waals surface area contributed by atoms with E-state index in [4.69, 9.17) is 11.6 Å². The van der Waals surface area contributed by atoms with Crippen LogP contribution in [0.25, 0.3) is 11.4 Å². The summed E-state index contributed by atoms with van der Waals surface area (Å²) in [6, 6.07) is 8.03. The van der Waals surface area contributed by atoms with Gasteiger partial charge in [-0.2, -0.15) is 0 Å². The lowest BCUT2D eigenvalue weighted by molar-refractivity contribution is 0.211. The van der Waals surface area contributed by atoms with Gasteiger partial charge in [-0.1, -0.05) is 0 Å². The van der Waals surface area contributed by atoms with Crippen LogP contribution in [-0.4, -0.2) is 38.4 Å². The Bertz CT molecular complexity index is 596. The number of nitrogens with zero attached hydrogens (tertiary/aromatic N) is 3. The van der Waals surface area contributed by atoms with E-state index >= 15 is 0 Å². The summed E-state index contributed by atoms with van der Waals surface area (Å²) in [4.78, 5) is 0. The number of hydrogen-bond donors (Lipinski definition) is 2. The van der Waals surface area contributed by atoms with Gasteiger partial charge >= 0.3 is 0 Å². The zero-order chi connectivity index (χ0) is 14.7. The maximum absolute atomic E-state index is 9.44. The van der Waals surface area contributed by atoms with Gasteiger partial charge in [0.1, 0.15) is 5.82 Å². The zero-order valence-corrected chi connectivity index (χ0v) is 12.6. The summed E-state index contributed by atoms with van der Waals surface area (Å²) in [7, 11) is 0. The number of aryl methyl sites for hydroxylation is 1. The van der Waals surface area contributed by atoms with Crippen LogP contribution >= 0.6 is 11.6 Å². The van der Waals surface area contributed by atoms with E-state index in [9.17, 15) is 5.11 Å². The van der Waals surface area contributed by atoms with E-state index in [1.807, 2.05) is 24.3 Å². The van der Waals surface area contributed by atoms with Crippen LogP contribution in [0, 0.1) is 0 Å². The van der Waals surface area contributed by atoms with Crippen LogP contribution in [0.15, 0.2) is 24.3 Å². The largest absolute Gasteiger partial charge is 0.390 e. The molecule has 1 atom stereocenters. The highest BCUT2D eigenvalue weighted by Crippen LogP contribution is 2.24. The van der Waals surface area contributed by atoms with Crippen LogP contribution < -0.4 is 5.32 Å². The van der Waals surface area contributed by atoms with Crippen LogP contribution in [-0.2, 0) is 13.0 Å². The summed E-state index contributed by atoms with van der Waals surface area (Å²) in [6.45, 7) is 1.45. The number of fused-ring (bicyclic) bond motifs is 1. The zero-order valence-electron chi connectivity index (χ0n) is 11.8. The van der Waals surface area contributed by atoms with Crippen LogP contribution in [0.1, 0.15) is 18.7 Å². The molecule has 21 heavy (non-hydrogen) atoms. The highest BCUT2D eigenvalue weighted by molar-refractivity contribution is 6.18. The fraction of sp³-hybridized carbons (Fsp3) is 0.467. The summed E-state index contributed by atoms with van der Waals surface area (Å²) in [5, 5.41) is 21.2. The average Bonchev–Trinajstić information content (AvgIpc) is 2.97. The SMILES string of the molecule is OC(CCl)CNc1ccc(-c2nnc3n2CCCC3)cc1. The Labute approximate surface area is 129 Å². The molecule has 112 valence electrons. The third kappa shape index (κ3) is 3.19. The van der Waals surface area contributed by atoms with E-state index in [0.29, 0.717) is 6.54 Å². The minimum Gasteiger partial charge on any atom is -0.390 e. The predicted molar refractivity (Wildman–Crippen MR) is 83.6 cm³/mol. The van der Waals surface area contributed by atoms with Gasteiger partial charge in [-0.15, -0.1) is 21.8 Å². The van der Waals surface area contributed by atoms with E-state index in [1.54, 1.807) is 0 Å². The lowest BCUT2D eigenvalue weighted by Crippen LogP contribution is -2.20. The van der Waals surface area contributed by atoms with E-state index in [1.165, 1.54) is 12.8 Å². The van der Waals surface area contributed by atoms with Gasteiger partial charge in [0.05, 0.1) is 12.0 Å². The Balaban J connectivity index is 1.73. The second kappa shape index (κ2) is 6.45. The molecule has 0 radical (unpaired) electrons. The molecule has 2 heterocycles. The number of anilines is 1. The van der Waals surface area contributed by atoms with Crippen molar-refractivity contribution in [2.24, 2.45) is 0 Å². The Morgan fingerprint density at radius 3 is 2.81 bits per heavy atom. The number of nitrogens with one attached hydrogen (secondary N) is 1. The fourth-order valence-corrected chi connectivity index (χ4v) is 2.66. The van der Waals surface area contributed by atoms with Gasteiger partial charge < -0.3 is 15.0 Å². The Morgan fingerprint density at radius 2 is 2.05 bits per heavy atom.